The molecule has 0 spiro atoms. The minimum Gasteiger partial charge on any atom is -0.465 e. The minimum absolute atomic E-state index is 0.00469. The molecule has 6 nitrogen and oxygen atoms in total. The van der Waals surface area contributed by atoms with Crippen LogP contribution in [0.2, 0.25) is 0 Å². The summed E-state index contributed by atoms with van der Waals surface area (Å²) in [6.45, 7) is 2.37. The van der Waals surface area contributed by atoms with Gasteiger partial charge in [0.15, 0.2) is 0 Å². The number of benzene rings is 1. The Hall–Kier alpha value is -1.79. The van der Waals surface area contributed by atoms with Crippen LogP contribution >= 0.6 is 0 Å². The van der Waals surface area contributed by atoms with Crippen LogP contribution < -0.4 is 11.1 Å². The number of carbonyl (C=O) groups is 1. The van der Waals surface area contributed by atoms with E-state index >= 15 is 0 Å². The highest BCUT2D eigenvalue weighted by molar-refractivity contribution is 5.91. The molecule has 1 atom stereocenters. The predicted octanol–water partition coefficient (Wildman–Crippen LogP) is 0.883. The summed E-state index contributed by atoms with van der Waals surface area (Å²) < 4.78 is 15.5. The van der Waals surface area contributed by atoms with E-state index in [2.05, 4.69) is 10.1 Å². The molecule has 1 aromatic rings. The summed E-state index contributed by atoms with van der Waals surface area (Å²) in [6.07, 6.45) is -0.00469. The van der Waals surface area contributed by atoms with Crippen molar-refractivity contribution in [1.82, 2.24) is 0 Å². The largest absolute Gasteiger partial charge is 0.465 e. The van der Waals surface area contributed by atoms with Crippen molar-refractivity contribution in [2.24, 2.45) is 0 Å². The number of esters is 1. The van der Waals surface area contributed by atoms with E-state index in [9.17, 15) is 4.79 Å². The predicted molar refractivity (Wildman–Crippen MR) is 71.2 cm³/mol. The molecular formula is C13H18N2O4. The molecule has 1 aliphatic heterocycles. The molecule has 0 bridgehead atoms. The number of rotatable bonds is 4. The van der Waals surface area contributed by atoms with Gasteiger partial charge in [-0.2, -0.15) is 0 Å². The molecular weight excluding hydrogens is 248 g/mol. The smallest absolute Gasteiger partial charge is 0.337 e. The first-order chi connectivity index (χ1) is 9.20. The first kappa shape index (κ1) is 13.6. The fraction of sp³-hybridized carbons (Fsp3) is 0.462. The second-order valence-electron chi connectivity index (χ2n) is 4.24. The van der Waals surface area contributed by atoms with Gasteiger partial charge in [0.25, 0.3) is 0 Å². The highest BCUT2D eigenvalue weighted by atomic mass is 16.6. The van der Waals surface area contributed by atoms with Crippen molar-refractivity contribution < 1.29 is 19.0 Å². The second kappa shape index (κ2) is 6.40. The van der Waals surface area contributed by atoms with E-state index < -0.39 is 0 Å². The minimum atomic E-state index is -0.389. The van der Waals surface area contributed by atoms with E-state index in [1.165, 1.54) is 7.11 Å². The number of hydrogen-bond acceptors (Lipinski definition) is 6. The van der Waals surface area contributed by atoms with E-state index in [1.54, 1.807) is 18.2 Å². The van der Waals surface area contributed by atoms with Crippen LogP contribution in [-0.2, 0) is 14.2 Å². The van der Waals surface area contributed by atoms with Gasteiger partial charge < -0.3 is 25.3 Å². The van der Waals surface area contributed by atoms with Crippen LogP contribution in [0.15, 0.2) is 18.2 Å². The van der Waals surface area contributed by atoms with Gasteiger partial charge in [-0.25, -0.2) is 4.79 Å². The van der Waals surface area contributed by atoms with Gasteiger partial charge in [-0.3, -0.25) is 0 Å². The molecule has 2 rings (SSSR count). The Morgan fingerprint density at radius 2 is 2.37 bits per heavy atom. The number of hydrogen-bond donors (Lipinski definition) is 2. The van der Waals surface area contributed by atoms with Crippen molar-refractivity contribution in [2.45, 2.75) is 6.10 Å². The lowest BCUT2D eigenvalue weighted by Crippen LogP contribution is -2.34. The van der Waals surface area contributed by atoms with E-state index in [-0.39, 0.29) is 12.1 Å². The summed E-state index contributed by atoms with van der Waals surface area (Å²) in [6, 6.07) is 4.98. The molecule has 1 aromatic carbocycles. The summed E-state index contributed by atoms with van der Waals surface area (Å²) in [5.74, 6) is -0.389. The zero-order valence-corrected chi connectivity index (χ0v) is 10.8. The van der Waals surface area contributed by atoms with Gasteiger partial charge in [0.05, 0.1) is 50.0 Å². The Labute approximate surface area is 111 Å². The van der Waals surface area contributed by atoms with Crippen molar-refractivity contribution in [1.29, 1.82) is 0 Å². The van der Waals surface area contributed by atoms with Crippen LogP contribution in [-0.4, -0.2) is 45.5 Å². The average molecular weight is 266 g/mol. The van der Waals surface area contributed by atoms with Crippen molar-refractivity contribution >= 4 is 17.3 Å². The number of nitrogen functional groups attached to an aromatic ring is 1. The summed E-state index contributed by atoms with van der Waals surface area (Å²) in [7, 11) is 1.35. The van der Waals surface area contributed by atoms with E-state index in [1.807, 2.05) is 0 Å². The molecule has 1 fully saturated rings. The fourth-order valence-corrected chi connectivity index (χ4v) is 1.83. The topological polar surface area (TPSA) is 82.8 Å². The third-order valence-electron chi connectivity index (χ3n) is 2.88. The van der Waals surface area contributed by atoms with Crippen LogP contribution in [0.25, 0.3) is 0 Å². The lowest BCUT2D eigenvalue weighted by atomic mass is 10.1. The third-order valence-corrected chi connectivity index (χ3v) is 2.88. The Balaban J connectivity index is 2.00. The number of nitrogens with two attached hydrogens (primary N) is 1. The maximum atomic E-state index is 11.4. The fourth-order valence-electron chi connectivity index (χ4n) is 1.83. The number of carbonyl (C=O) groups excluding carboxylic acids is 1. The maximum Gasteiger partial charge on any atom is 0.337 e. The molecule has 0 aromatic heterocycles. The highest BCUT2D eigenvalue weighted by Crippen LogP contribution is 2.20. The summed E-state index contributed by atoms with van der Waals surface area (Å²) in [5.41, 5.74) is 7.58. The molecule has 6 heteroatoms. The molecule has 1 heterocycles. The SMILES string of the molecule is COC(=O)c1ccc(N)c(NCC2COCCO2)c1. The van der Waals surface area contributed by atoms with Gasteiger partial charge in [0, 0.05) is 6.54 Å². The molecule has 104 valence electrons. The summed E-state index contributed by atoms with van der Waals surface area (Å²) in [5, 5.41) is 3.16. The Morgan fingerprint density at radius 3 is 3.05 bits per heavy atom. The van der Waals surface area contributed by atoms with Crippen LogP contribution in [0, 0.1) is 0 Å². The Morgan fingerprint density at radius 1 is 1.53 bits per heavy atom. The number of nitrogens with one attached hydrogen (secondary N) is 1. The standard InChI is InChI=1S/C13H18N2O4/c1-17-13(16)9-2-3-11(14)12(6-9)15-7-10-8-18-4-5-19-10/h2-3,6,10,15H,4-5,7-8,14H2,1H3. The molecule has 19 heavy (non-hydrogen) atoms. The third kappa shape index (κ3) is 3.59. The van der Waals surface area contributed by atoms with Gasteiger partial charge in [0.1, 0.15) is 0 Å². The molecule has 3 N–H and O–H groups in total. The zero-order valence-electron chi connectivity index (χ0n) is 10.8. The average Bonchev–Trinajstić information content (AvgIpc) is 2.46. The first-order valence-corrected chi connectivity index (χ1v) is 6.11. The summed E-state index contributed by atoms with van der Waals surface area (Å²) >= 11 is 0. The Kier molecular flexibility index (Phi) is 4.59. The summed E-state index contributed by atoms with van der Waals surface area (Å²) in [4.78, 5) is 11.4. The second-order valence-corrected chi connectivity index (χ2v) is 4.24. The quantitative estimate of drug-likeness (QED) is 0.622. The zero-order chi connectivity index (χ0) is 13.7. The normalized spacial score (nSPS) is 18.9. The molecule has 1 saturated heterocycles. The lowest BCUT2D eigenvalue weighted by molar-refractivity contribution is -0.0818. The number of anilines is 2. The molecule has 0 radical (unpaired) electrons. The van der Waals surface area contributed by atoms with Gasteiger partial charge in [-0.1, -0.05) is 0 Å². The van der Waals surface area contributed by atoms with Crippen molar-refractivity contribution in [3.05, 3.63) is 23.8 Å². The van der Waals surface area contributed by atoms with Gasteiger partial charge >= 0.3 is 5.97 Å². The van der Waals surface area contributed by atoms with Gasteiger partial charge in [-0.05, 0) is 18.2 Å². The number of ether oxygens (including phenoxy) is 3. The first-order valence-electron chi connectivity index (χ1n) is 6.11. The monoisotopic (exact) mass is 266 g/mol. The molecule has 0 saturated carbocycles. The molecule has 0 amide bonds. The van der Waals surface area contributed by atoms with Gasteiger partial charge in [0.2, 0.25) is 0 Å². The molecule has 0 aliphatic carbocycles. The lowest BCUT2D eigenvalue weighted by Gasteiger charge is -2.23. The highest BCUT2D eigenvalue weighted by Gasteiger charge is 2.15. The molecule has 1 unspecified atom stereocenters. The van der Waals surface area contributed by atoms with E-state index in [0.29, 0.717) is 43.3 Å². The van der Waals surface area contributed by atoms with E-state index in [4.69, 9.17) is 15.2 Å². The van der Waals surface area contributed by atoms with Crippen molar-refractivity contribution in [2.75, 3.05) is 44.5 Å². The van der Waals surface area contributed by atoms with Crippen LogP contribution in [0.3, 0.4) is 0 Å². The number of methoxy groups -OCH3 is 1. The van der Waals surface area contributed by atoms with E-state index in [0.717, 1.165) is 0 Å². The van der Waals surface area contributed by atoms with Crippen molar-refractivity contribution in [3.63, 3.8) is 0 Å². The van der Waals surface area contributed by atoms with Gasteiger partial charge in [-0.15, -0.1) is 0 Å². The van der Waals surface area contributed by atoms with Crippen molar-refractivity contribution in [3.8, 4) is 0 Å². The van der Waals surface area contributed by atoms with Crippen LogP contribution in [0.1, 0.15) is 10.4 Å². The van der Waals surface area contributed by atoms with Crippen LogP contribution in [0.5, 0.6) is 0 Å². The van der Waals surface area contributed by atoms with Crippen LogP contribution in [0.4, 0.5) is 11.4 Å². The molecule has 1 aliphatic rings. The Bertz CT molecular complexity index is 444. The maximum absolute atomic E-state index is 11.4.